The second kappa shape index (κ2) is 5.49. The highest BCUT2D eigenvalue weighted by atomic mass is 15.2. The first kappa shape index (κ1) is 13.0. The lowest BCUT2D eigenvalue weighted by molar-refractivity contribution is 0.875. The van der Waals surface area contributed by atoms with Crippen LogP contribution in [0.25, 0.3) is 0 Å². The molecule has 0 unspecified atom stereocenters. The predicted molar refractivity (Wildman–Crippen MR) is 74.8 cm³/mol. The molecule has 1 aromatic carbocycles. The maximum Gasteiger partial charge on any atom is 0.147 e. The van der Waals surface area contributed by atoms with Gasteiger partial charge in [-0.25, -0.2) is 4.98 Å². The van der Waals surface area contributed by atoms with Crippen LogP contribution in [0.4, 0.5) is 5.82 Å². The molecule has 1 aromatic heterocycles. The fourth-order valence-corrected chi connectivity index (χ4v) is 1.81. The van der Waals surface area contributed by atoms with E-state index in [1.165, 1.54) is 0 Å². The summed E-state index contributed by atoms with van der Waals surface area (Å²) in [6, 6.07) is 9.75. The van der Waals surface area contributed by atoms with Crippen molar-refractivity contribution in [3.05, 3.63) is 53.0 Å². The molecular formula is C15H16N4. The second-order valence-corrected chi connectivity index (χ2v) is 4.57. The Kier molecular flexibility index (Phi) is 3.76. The van der Waals surface area contributed by atoms with Crippen molar-refractivity contribution in [2.75, 3.05) is 11.9 Å². The molecule has 0 aliphatic carbocycles. The maximum absolute atomic E-state index is 8.89. The van der Waals surface area contributed by atoms with Gasteiger partial charge in [0, 0.05) is 13.6 Å². The van der Waals surface area contributed by atoms with E-state index in [9.17, 15) is 0 Å². The van der Waals surface area contributed by atoms with E-state index < -0.39 is 0 Å². The molecule has 2 aromatic rings. The normalized spacial score (nSPS) is 10.0. The Morgan fingerprint density at radius 2 is 2.05 bits per heavy atom. The smallest absolute Gasteiger partial charge is 0.147 e. The highest BCUT2D eigenvalue weighted by Gasteiger charge is 2.06. The highest BCUT2D eigenvalue weighted by Crippen LogP contribution is 2.14. The molecule has 0 atom stereocenters. The van der Waals surface area contributed by atoms with Crippen LogP contribution >= 0.6 is 0 Å². The molecule has 0 bridgehead atoms. The van der Waals surface area contributed by atoms with Crippen LogP contribution in [-0.4, -0.2) is 17.0 Å². The molecule has 0 amide bonds. The molecule has 0 N–H and O–H groups in total. The summed E-state index contributed by atoms with van der Waals surface area (Å²) in [6.07, 6.45) is 1.77. The van der Waals surface area contributed by atoms with Gasteiger partial charge in [-0.15, -0.1) is 0 Å². The Labute approximate surface area is 113 Å². The SMILES string of the molecule is Cc1ncc(N(C)Cc2cccc(C#N)c2)nc1C. The first-order valence-electron chi connectivity index (χ1n) is 6.10. The average Bonchev–Trinajstić information content (AvgIpc) is 2.42. The number of aryl methyl sites for hydroxylation is 2. The third-order valence-electron chi connectivity index (χ3n) is 3.05. The molecule has 0 aliphatic rings. The molecule has 0 radical (unpaired) electrons. The van der Waals surface area contributed by atoms with Crippen molar-refractivity contribution >= 4 is 5.82 Å². The topological polar surface area (TPSA) is 52.8 Å². The molecule has 2 rings (SSSR count). The van der Waals surface area contributed by atoms with E-state index in [1.54, 1.807) is 12.3 Å². The van der Waals surface area contributed by atoms with E-state index in [0.717, 1.165) is 22.8 Å². The van der Waals surface area contributed by atoms with E-state index in [0.29, 0.717) is 12.1 Å². The van der Waals surface area contributed by atoms with Gasteiger partial charge < -0.3 is 4.90 Å². The monoisotopic (exact) mass is 252 g/mol. The van der Waals surface area contributed by atoms with Crippen LogP contribution in [-0.2, 0) is 6.54 Å². The van der Waals surface area contributed by atoms with Gasteiger partial charge in [0.1, 0.15) is 5.82 Å². The molecule has 1 heterocycles. The van der Waals surface area contributed by atoms with Gasteiger partial charge >= 0.3 is 0 Å². The van der Waals surface area contributed by atoms with Gasteiger partial charge in [0.05, 0.1) is 29.2 Å². The molecule has 0 saturated carbocycles. The molecule has 4 nitrogen and oxygen atoms in total. The van der Waals surface area contributed by atoms with E-state index >= 15 is 0 Å². The van der Waals surface area contributed by atoms with E-state index in [-0.39, 0.29) is 0 Å². The van der Waals surface area contributed by atoms with E-state index in [1.807, 2.05) is 44.0 Å². The summed E-state index contributed by atoms with van der Waals surface area (Å²) in [5.74, 6) is 0.838. The lowest BCUT2D eigenvalue weighted by Crippen LogP contribution is -2.18. The van der Waals surface area contributed by atoms with Crippen LogP contribution in [0.3, 0.4) is 0 Å². The zero-order valence-corrected chi connectivity index (χ0v) is 11.4. The number of hydrogen-bond donors (Lipinski definition) is 0. The fourth-order valence-electron chi connectivity index (χ4n) is 1.81. The summed E-state index contributed by atoms with van der Waals surface area (Å²) in [7, 11) is 1.97. The summed E-state index contributed by atoms with van der Waals surface area (Å²) in [5, 5.41) is 8.89. The van der Waals surface area contributed by atoms with Crippen LogP contribution in [0.15, 0.2) is 30.5 Å². The molecule has 19 heavy (non-hydrogen) atoms. The zero-order chi connectivity index (χ0) is 13.8. The molecule has 0 aliphatic heterocycles. The van der Waals surface area contributed by atoms with Crippen LogP contribution in [0.2, 0.25) is 0 Å². The van der Waals surface area contributed by atoms with Crippen LogP contribution < -0.4 is 4.90 Å². The van der Waals surface area contributed by atoms with E-state index in [2.05, 4.69) is 16.0 Å². The molecule has 0 fully saturated rings. The Morgan fingerprint density at radius 3 is 2.74 bits per heavy atom. The average molecular weight is 252 g/mol. The number of nitriles is 1. The number of benzene rings is 1. The Morgan fingerprint density at radius 1 is 1.26 bits per heavy atom. The van der Waals surface area contributed by atoms with Crippen LogP contribution in [0, 0.1) is 25.2 Å². The van der Waals surface area contributed by atoms with Gasteiger partial charge in [-0.1, -0.05) is 12.1 Å². The number of aromatic nitrogens is 2. The Balaban J connectivity index is 2.18. The minimum Gasteiger partial charge on any atom is -0.354 e. The third kappa shape index (κ3) is 3.08. The first-order valence-corrected chi connectivity index (χ1v) is 6.10. The Bertz CT molecular complexity index is 628. The van der Waals surface area contributed by atoms with Crippen molar-refractivity contribution < 1.29 is 0 Å². The van der Waals surface area contributed by atoms with Crippen LogP contribution in [0.1, 0.15) is 22.5 Å². The number of rotatable bonds is 3. The lowest BCUT2D eigenvalue weighted by atomic mass is 10.1. The van der Waals surface area contributed by atoms with Crippen molar-refractivity contribution in [1.82, 2.24) is 9.97 Å². The number of nitrogens with zero attached hydrogens (tertiary/aromatic N) is 4. The Hall–Kier alpha value is -2.41. The summed E-state index contributed by atoms with van der Waals surface area (Å²) < 4.78 is 0. The van der Waals surface area contributed by atoms with Gasteiger partial charge in [-0.2, -0.15) is 5.26 Å². The lowest BCUT2D eigenvalue weighted by Gasteiger charge is -2.18. The number of anilines is 1. The van der Waals surface area contributed by atoms with Gasteiger partial charge in [-0.3, -0.25) is 4.98 Å². The standard InChI is InChI=1S/C15H16N4/c1-11-12(2)18-15(9-17-11)19(3)10-14-6-4-5-13(7-14)8-16/h4-7,9H,10H2,1-3H3. The first-order chi connectivity index (χ1) is 9.10. The predicted octanol–water partition coefficient (Wildman–Crippen LogP) is 2.60. The van der Waals surface area contributed by atoms with Gasteiger partial charge in [-0.05, 0) is 31.5 Å². The molecule has 4 heteroatoms. The summed E-state index contributed by atoms with van der Waals surface area (Å²) in [6.45, 7) is 4.60. The quantitative estimate of drug-likeness (QED) is 0.842. The summed E-state index contributed by atoms with van der Waals surface area (Å²) >= 11 is 0. The van der Waals surface area contributed by atoms with Gasteiger partial charge in [0.25, 0.3) is 0 Å². The minimum atomic E-state index is 0.678. The molecular weight excluding hydrogens is 236 g/mol. The second-order valence-electron chi connectivity index (χ2n) is 4.57. The molecule has 0 spiro atoms. The summed E-state index contributed by atoms with van der Waals surface area (Å²) in [4.78, 5) is 10.9. The van der Waals surface area contributed by atoms with Crippen molar-refractivity contribution in [2.45, 2.75) is 20.4 Å². The van der Waals surface area contributed by atoms with Crippen LogP contribution in [0.5, 0.6) is 0 Å². The molecule has 96 valence electrons. The maximum atomic E-state index is 8.89. The van der Waals surface area contributed by atoms with Gasteiger partial charge in [0.2, 0.25) is 0 Å². The zero-order valence-electron chi connectivity index (χ0n) is 11.4. The van der Waals surface area contributed by atoms with Crippen molar-refractivity contribution in [1.29, 1.82) is 5.26 Å². The number of hydrogen-bond acceptors (Lipinski definition) is 4. The fraction of sp³-hybridized carbons (Fsp3) is 0.267. The van der Waals surface area contributed by atoms with Crippen molar-refractivity contribution in [3.63, 3.8) is 0 Å². The largest absolute Gasteiger partial charge is 0.354 e. The minimum absolute atomic E-state index is 0.678. The molecule has 0 saturated heterocycles. The van der Waals surface area contributed by atoms with Crippen molar-refractivity contribution in [3.8, 4) is 6.07 Å². The third-order valence-corrected chi connectivity index (χ3v) is 3.05. The van der Waals surface area contributed by atoms with Crippen molar-refractivity contribution in [2.24, 2.45) is 0 Å². The van der Waals surface area contributed by atoms with Gasteiger partial charge in [0.15, 0.2) is 0 Å². The highest BCUT2D eigenvalue weighted by molar-refractivity contribution is 5.39. The summed E-state index contributed by atoms with van der Waals surface area (Å²) in [5.41, 5.74) is 3.65. The van der Waals surface area contributed by atoms with E-state index in [4.69, 9.17) is 5.26 Å².